The molecule has 1 fully saturated rings. The molecule has 2 aromatic heterocycles. The van der Waals surface area contributed by atoms with Gasteiger partial charge in [0, 0.05) is 4.57 Å². The summed E-state index contributed by atoms with van der Waals surface area (Å²) in [7, 11) is -2.56. The first kappa shape index (κ1) is 23.0. The number of anilines is 1. The topological polar surface area (TPSA) is 144 Å². The van der Waals surface area contributed by atoms with Gasteiger partial charge in [0.25, 0.3) is 0 Å². The number of hydrogen-bond acceptors (Lipinski definition) is 10. The van der Waals surface area contributed by atoms with Gasteiger partial charge >= 0.3 is 8.25 Å². The first-order valence-corrected chi connectivity index (χ1v) is 11.1. The minimum absolute atomic E-state index is 0.0680. The maximum absolute atomic E-state index is 14.3. The molecule has 1 unspecified atom stereocenters. The Morgan fingerprint density at radius 3 is 2.82 bits per heavy atom. The first-order chi connectivity index (χ1) is 15.9. The van der Waals surface area contributed by atoms with Crippen molar-refractivity contribution < 1.29 is 32.6 Å². The molecule has 13 heteroatoms. The summed E-state index contributed by atoms with van der Waals surface area (Å²) in [6.07, 6.45) is -2.12. The number of aliphatic hydroxyl groups excluding tert-OH is 1. The number of nitrogen functional groups attached to an aromatic ring is 1. The van der Waals surface area contributed by atoms with E-state index in [1.807, 2.05) is 0 Å². The number of para-hydroxylation sites is 1. The summed E-state index contributed by atoms with van der Waals surface area (Å²) in [6.45, 7) is 5.09. The first-order valence-electron chi connectivity index (χ1n) is 10.0. The van der Waals surface area contributed by atoms with Crippen molar-refractivity contribution in [2.45, 2.75) is 25.4 Å². The predicted molar refractivity (Wildman–Crippen MR) is 115 cm³/mol. The summed E-state index contributed by atoms with van der Waals surface area (Å²) in [5, 5.41) is 10.8. The van der Waals surface area contributed by atoms with Gasteiger partial charge in [0.05, 0.1) is 18.9 Å². The number of nitrogens with zero attached hydrogens (tertiary/aromatic N) is 4. The van der Waals surface area contributed by atoms with Crippen molar-refractivity contribution in [2.24, 2.45) is 5.92 Å². The van der Waals surface area contributed by atoms with Gasteiger partial charge in [-0.25, -0.2) is 13.9 Å². The molecule has 0 amide bonds. The Labute approximate surface area is 188 Å². The molecule has 1 aromatic carbocycles. The fourth-order valence-electron chi connectivity index (χ4n) is 3.56. The van der Waals surface area contributed by atoms with Crippen molar-refractivity contribution in [1.82, 2.24) is 19.5 Å². The molecule has 0 spiro atoms. The molecule has 4 rings (SSSR count). The molecule has 174 valence electrons. The Kier molecular flexibility index (Phi) is 6.80. The van der Waals surface area contributed by atoms with Crippen LogP contribution in [0.25, 0.3) is 11.2 Å². The fourth-order valence-corrected chi connectivity index (χ4v) is 4.18. The molecule has 3 heterocycles. The lowest BCUT2D eigenvalue weighted by Gasteiger charge is -2.17. The monoisotopic (exact) mass is 478 g/mol. The van der Waals surface area contributed by atoms with Gasteiger partial charge in [0.15, 0.2) is 23.1 Å². The molecule has 33 heavy (non-hydrogen) atoms. The summed E-state index contributed by atoms with van der Waals surface area (Å²) in [5.41, 5.74) is 6.31. The van der Waals surface area contributed by atoms with Crippen molar-refractivity contribution in [3.05, 3.63) is 49.1 Å². The lowest BCUT2D eigenvalue weighted by atomic mass is 9.97. The van der Waals surface area contributed by atoms with Crippen molar-refractivity contribution in [2.75, 3.05) is 18.9 Å². The number of aromatic nitrogens is 4. The molecule has 11 nitrogen and oxygen atoms in total. The van der Waals surface area contributed by atoms with Gasteiger partial charge in [-0.1, -0.05) is 24.8 Å². The van der Waals surface area contributed by atoms with Crippen LogP contribution in [0.15, 0.2) is 49.1 Å². The van der Waals surface area contributed by atoms with Gasteiger partial charge in [0.2, 0.25) is 11.8 Å². The highest BCUT2D eigenvalue weighted by Gasteiger charge is 2.48. The molecular formula is C20H22FN5O6P+. The van der Waals surface area contributed by atoms with Crippen LogP contribution in [0, 0.1) is 5.92 Å². The molecule has 0 radical (unpaired) electrons. The average molecular weight is 478 g/mol. The van der Waals surface area contributed by atoms with E-state index in [1.165, 1.54) is 10.9 Å². The molecule has 3 N–H and O–H groups in total. The standard InChI is InChI=1S/C20H22FN5O6P/c1-3-29-18-15-17(24-20(22)25-18)26(10-23-15)19-16(27)14(11(2)21)13(31-19)9-30-33(28)32-12-7-5-4-6-8-12/h4-8,10,13-14,16,19,27H,2-3,9H2,1H3,(H2,22,24,25)/q+1/t13-,14-,16-,19-/m1/s1. The van der Waals surface area contributed by atoms with Gasteiger partial charge in [-0.3, -0.25) is 4.57 Å². The van der Waals surface area contributed by atoms with Crippen molar-refractivity contribution >= 4 is 25.4 Å². The third-order valence-corrected chi connectivity index (χ3v) is 5.69. The quantitative estimate of drug-likeness (QED) is 0.441. The van der Waals surface area contributed by atoms with E-state index in [0.29, 0.717) is 17.9 Å². The molecule has 3 aromatic rings. The zero-order valence-corrected chi connectivity index (χ0v) is 18.5. The lowest BCUT2D eigenvalue weighted by Crippen LogP contribution is -2.28. The third kappa shape index (κ3) is 4.79. The van der Waals surface area contributed by atoms with Crippen LogP contribution in [0.2, 0.25) is 0 Å². The maximum atomic E-state index is 14.3. The van der Waals surface area contributed by atoms with Gasteiger partial charge in [-0.05, 0) is 19.1 Å². The summed E-state index contributed by atoms with van der Waals surface area (Å²) >= 11 is 0. The minimum Gasteiger partial charge on any atom is -0.476 e. The van der Waals surface area contributed by atoms with E-state index in [0.717, 1.165) is 0 Å². The van der Waals surface area contributed by atoms with E-state index in [2.05, 4.69) is 21.5 Å². The average Bonchev–Trinajstić information content (AvgIpc) is 3.33. The molecular weight excluding hydrogens is 456 g/mol. The molecule has 0 saturated carbocycles. The van der Waals surface area contributed by atoms with Crippen LogP contribution in [0.1, 0.15) is 13.2 Å². The molecule has 1 saturated heterocycles. The number of benzene rings is 1. The van der Waals surface area contributed by atoms with Crippen LogP contribution >= 0.6 is 8.25 Å². The fraction of sp³-hybridized carbons (Fsp3) is 0.350. The smallest absolute Gasteiger partial charge is 0.476 e. The van der Waals surface area contributed by atoms with E-state index in [4.69, 9.17) is 24.3 Å². The van der Waals surface area contributed by atoms with Crippen molar-refractivity contribution in [1.29, 1.82) is 0 Å². The SMILES string of the molecule is C=C(F)[C@H]1[C@@H](O)[C@H](n2cnc3c(OCC)nc(N)nc32)O[C@@H]1CO[P+](=O)Oc1ccccc1. The van der Waals surface area contributed by atoms with Crippen LogP contribution in [0.4, 0.5) is 10.3 Å². The van der Waals surface area contributed by atoms with E-state index in [-0.39, 0.29) is 24.1 Å². The Morgan fingerprint density at radius 1 is 1.36 bits per heavy atom. The van der Waals surface area contributed by atoms with Crippen molar-refractivity contribution in [3.63, 3.8) is 0 Å². The highest BCUT2D eigenvalue weighted by molar-refractivity contribution is 7.33. The zero-order valence-electron chi connectivity index (χ0n) is 17.6. The van der Waals surface area contributed by atoms with Gasteiger partial charge in [-0.15, -0.1) is 4.52 Å². The Morgan fingerprint density at radius 2 is 2.12 bits per heavy atom. The molecule has 1 aliphatic heterocycles. The Bertz CT molecular complexity index is 1160. The number of hydrogen-bond donors (Lipinski definition) is 2. The minimum atomic E-state index is -2.56. The number of halogens is 1. The second kappa shape index (κ2) is 9.75. The predicted octanol–water partition coefficient (Wildman–Crippen LogP) is 2.92. The Hall–Kier alpha value is -3.18. The van der Waals surface area contributed by atoms with Crippen LogP contribution in [0.5, 0.6) is 11.6 Å². The van der Waals surface area contributed by atoms with Gasteiger partial charge < -0.3 is 20.3 Å². The van der Waals surface area contributed by atoms with Gasteiger partial charge in [-0.2, -0.15) is 9.97 Å². The van der Waals surface area contributed by atoms with Crippen molar-refractivity contribution in [3.8, 4) is 11.6 Å². The largest absolute Gasteiger partial charge is 0.750 e. The number of aliphatic hydroxyl groups is 1. The maximum Gasteiger partial charge on any atom is 0.750 e. The van der Waals surface area contributed by atoms with Crippen LogP contribution in [-0.4, -0.2) is 50.0 Å². The second-order valence-corrected chi connectivity index (χ2v) is 7.98. The number of fused-ring (bicyclic) bond motifs is 1. The van der Waals surface area contributed by atoms with Crippen LogP contribution in [-0.2, 0) is 13.8 Å². The van der Waals surface area contributed by atoms with E-state index in [9.17, 15) is 14.1 Å². The lowest BCUT2D eigenvalue weighted by molar-refractivity contribution is -0.0461. The van der Waals surface area contributed by atoms with E-state index < -0.39 is 38.4 Å². The van der Waals surface area contributed by atoms with E-state index in [1.54, 1.807) is 37.3 Å². The highest BCUT2D eigenvalue weighted by Crippen LogP contribution is 2.41. The van der Waals surface area contributed by atoms with Crippen LogP contribution < -0.4 is 15.0 Å². The van der Waals surface area contributed by atoms with E-state index >= 15 is 0 Å². The number of ether oxygens (including phenoxy) is 2. The summed E-state index contributed by atoms with van der Waals surface area (Å²) < 4.78 is 49.5. The summed E-state index contributed by atoms with van der Waals surface area (Å²) in [4.78, 5) is 12.4. The van der Waals surface area contributed by atoms with Crippen LogP contribution in [0.3, 0.4) is 0 Å². The molecule has 0 bridgehead atoms. The number of imidazole rings is 1. The molecule has 5 atom stereocenters. The summed E-state index contributed by atoms with van der Waals surface area (Å²) in [6, 6.07) is 8.43. The number of rotatable bonds is 9. The highest BCUT2D eigenvalue weighted by atomic mass is 31.1. The normalized spacial score (nSPS) is 22.9. The zero-order chi connectivity index (χ0) is 23.5. The summed E-state index contributed by atoms with van der Waals surface area (Å²) in [5.74, 6) is -1.51. The second-order valence-electron chi connectivity index (χ2n) is 7.10. The van der Waals surface area contributed by atoms with Gasteiger partial charge in [0.1, 0.15) is 24.6 Å². The third-order valence-electron chi connectivity index (χ3n) is 4.97. The molecule has 0 aliphatic carbocycles. The molecule has 1 aliphatic rings. The Balaban J connectivity index is 1.54. The number of nitrogens with two attached hydrogens (primary N) is 1.